The number of rotatable bonds is 2. The van der Waals surface area contributed by atoms with Crippen LogP contribution < -0.4 is 10.2 Å². The van der Waals surface area contributed by atoms with Gasteiger partial charge < -0.3 is 19.8 Å². The summed E-state index contributed by atoms with van der Waals surface area (Å²) in [6, 6.07) is 8.06. The van der Waals surface area contributed by atoms with Gasteiger partial charge in [0.25, 0.3) is 0 Å². The van der Waals surface area contributed by atoms with Crippen LogP contribution in [0.2, 0.25) is 0 Å². The Morgan fingerprint density at radius 1 is 1.13 bits per heavy atom. The number of aliphatic carboxylic acids is 1. The zero-order chi connectivity index (χ0) is 11.0. The maximum atomic E-state index is 10.1. The van der Waals surface area contributed by atoms with Gasteiger partial charge in [0.05, 0.1) is 11.9 Å². The van der Waals surface area contributed by atoms with E-state index in [4.69, 9.17) is 9.90 Å². The quantitative estimate of drug-likeness (QED) is 0.449. The molecule has 74 valence electrons. The molecule has 4 nitrogen and oxygen atoms in total. The summed E-state index contributed by atoms with van der Waals surface area (Å²) in [6.07, 6.45) is 0.722. The van der Waals surface area contributed by atoms with Gasteiger partial charge in [-0.15, -0.1) is 0 Å². The fraction of sp³-hybridized carbons (Fsp3) is 0. The fourth-order valence-corrected chi connectivity index (χ4v) is 0.574. The maximum Gasteiger partial charge on any atom is 2.00 e. The summed E-state index contributed by atoms with van der Waals surface area (Å²) in [4.78, 5) is 19.2. The van der Waals surface area contributed by atoms with E-state index in [2.05, 4.69) is 6.58 Å². The van der Waals surface area contributed by atoms with Crippen LogP contribution in [-0.2, 0) is 4.79 Å². The van der Waals surface area contributed by atoms with Gasteiger partial charge in [0, 0.05) is 0 Å². The molecule has 0 fully saturated rings. The summed E-state index contributed by atoms with van der Waals surface area (Å²) >= 11 is 0. The predicted octanol–water partition coefficient (Wildman–Crippen LogP) is -1.41. The van der Waals surface area contributed by atoms with Gasteiger partial charge in [0.2, 0.25) is 0 Å². The molecule has 1 aromatic rings. The van der Waals surface area contributed by atoms with E-state index in [-0.39, 0.29) is 28.6 Å². The van der Waals surface area contributed by atoms with Crippen LogP contribution in [0.25, 0.3) is 0 Å². The first-order valence-corrected chi connectivity index (χ1v) is 3.67. The zero-order valence-corrected chi connectivity index (χ0v) is 9.43. The molecule has 1 rings (SSSR count). The van der Waals surface area contributed by atoms with Gasteiger partial charge in [-0.25, -0.2) is 0 Å². The molecule has 0 unspecified atom stereocenters. The summed E-state index contributed by atoms with van der Waals surface area (Å²) in [7, 11) is 0. The average Bonchev–Trinajstić information content (AvgIpc) is 2.20. The molecule has 0 aliphatic carbocycles. The van der Waals surface area contributed by atoms with Crippen molar-refractivity contribution in [3.8, 4) is 0 Å². The van der Waals surface area contributed by atoms with Crippen molar-refractivity contribution in [2.24, 2.45) is 0 Å². The third kappa shape index (κ3) is 8.98. The molecule has 0 saturated heterocycles. The number of carboxylic acid groups (broad SMARTS) is 2. The molecule has 0 heterocycles. The molecule has 15 heavy (non-hydrogen) atoms. The third-order valence-corrected chi connectivity index (χ3v) is 1.18. The van der Waals surface area contributed by atoms with E-state index in [0.717, 1.165) is 6.08 Å². The molecule has 5 heteroatoms. The van der Waals surface area contributed by atoms with Gasteiger partial charge in [-0.2, -0.15) is 0 Å². The first kappa shape index (κ1) is 16.1. The molecular formula is C10H8MgO4. The molecular weight excluding hydrogens is 208 g/mol. The van der Waals surface area contributed by atoms with Crippen LogP contribution in [0.1, 0.15) is 10.4 Å². The average molecular weight is 216 g/mol. The van der Waals surface area contributed by atoms with Crippen molar-refractivity contribution < 1.29 is 19.8 Å². The van der Waals surface area contributed by atoms with Gasteiger partial charge in [-0.3, -0.25) is 0 Å². The van der Waals surface area contributed by atoms with Crippen LogP contribution in [0, 0.1) is 0 Å². The van der Waals surface area contributed by atoms with E-state index in [9.17, 15) is 9.90 Å². The van der Waals surface area contributed by atoms with E-state index in [0.29, 0.717) is 0 Å². The number of benzene rings is 1. The number of carbonyl (C=O) groups excluding carboxylic acids is 2. The monoisotopic (exact) mass is 216 g/mol. The Kier molecular flexibility index (Phi) is 9.91. The Morgan fingerprint density at radius 2 is 1.53 bits per heavy atom. The predicted molar refractivity (Wildman–Crippen MR) is 51.7 cm³/mol. The topological polar surface area (TPSA) is 80.3 Å². The Bertz CT molecular complexity index is 321. The van der Waals surface area contributed by atoms with E-state index in [1.807, 2.05) is 0 Å². The van der Waals surface area contributed by atoms with Gasteiger partial charge >= 0.3 is 23.1 Å². The minimum atomic E-state index is -1.23. The fourth-order valence-electron chi connectivity index (χ4n) is 0.574. The van der Waals surface area contributed by atoms with Crippen LogP contribution in [-0.4, -0.2) is 35.0 Å². The molecule has 0 aromatic heterocycles. The molecule has 0 saturated carbocycles. The van der Waals surface area contributed by atoms with E-state index < -0.39 is 11.9 Å². The van der Waals surface area contributed by atoms with Crippen molar-refractivity contribution in [2.45, 2.75) is 0 Å². The standard InChI is InChI=1S/C7H6O2.C3H4O2.Mg/c8-7(9)6-4-2-1-3-5-6;1-2-3(4)5;/h1-5H,(H,8,9);2H,1H2,(H,4,5);/q;;+2/p-2. The van der Waals surface area contributed by atoms with Crippen LogP contribution in [0.4, 0.5) is 0 Å². The number of hydrogen-bond donors (Lipinski definition) is 0. The largest absolute Gasteiger partial charge is 2.00 e. The Morgan fingerprint density at radius 3 is 1.73 bits per heavy atom. The summed E-state index contributed by atoms with van der Waals surface area (Å²) in [5.41, 5.74) is 0.220. The maximum absolute atomic E-state index is 10.1. The van der Waals surface area contributed by atoms with Crippen molar-refractivity contribution >= 4 is 35.0 Å². The van der Waals surface area contributed by atoms with Gasteiger partial charge in [0.1, 0.15) is 0 Å². The van der Waals surface area contributed by atoms with Gasteiger partial charge in [-0.05, 0) is 11.6 Å². The number of hydrogen-bond acceptors (Lipinski definition) is 4. The Hall–Kier alpha value is -1.33. The molecule has 1 aromatic carbocycles. The minimum absolute atomic E-state index is 0. The second-order valence-corrected chi connectivity index (χ2v) is 2.18. The normalized spacial score (nSPS) is 7.47. The number of carbonyl (C=O) groups is 2. The molecule has 0 aliphatic rings. The number of aromatic carboxylic acids is 1. The van der Waals surface area contributed by atoms with Crippen LogP contribution >= 0.6 is 0 Å². The minimum Gasteiger partial charge on any atom is -0.545 e. The van der Waals surface area contributed by atoms with Gasteiger partial charge in [0.15, 0.2) is 0 Å². The first-order chi connectivity index (χ1) is 6.57. The van der Waals surface area contributed by atoms with Crippen molar-refractivity contribution in [2.75, 3.05) is 0 Å². The second kappa shape index (κ2) is 9.23. The Balaban J connectivity index is 0. The molecule has 0 bridgehead atoms. The molecule has 0 spiro atoms. The first-order valence-electron chi connectivity index (χ1n) is 3.67. The van der Waals surface area contributed by atoms with Crippen molar-refractivity contribution in [3.63, 3.8) is 0 Å². The molecule has 0 radical (unpaired) electrons. The molecule has 0 amide bonds. The van der Waals surface area contributed by atoms with Gasteiger partial charge in [-0.1, -0.05) is 36.9 Å². The smallest absolute Gasteiger partial charge is 0.545 e. The summed E-state index contributed by atoms with van der Waals surface area (Å²) in [6.45, 7) is 2.90. The zero-order valence-electron chi connectivity index (χ0n) is 8.01. The number of carboxylic acids is 2. The molecule has 0 aliphatic heterocycles. The van der Waals surface area contributed by atoms with Crippen LogP contribution in [0.5, 0.6) is 0 Å². The van der Waals surface area contributed by atoms with Crippen molar-refractivity contribution in [3.05, 3.63) is 48.6 Å². The third-order valence-electron chi connectivity index (χ3n) is 1.18. The van der Waals surface area contributed by atoms with Crippen LogP contribution in [0.15, 0.2) is 43.0 Å². The summed E-state index contributed by atoms with van der Waals surface area (Å²) in [5, 5.41) is 19.2. The van der Waals surface area contributed by atoms with Crippen LogP contribution in [0.3, 0.4) is 0 Å². The molecule has 0 N–H and O–H groups in total. The SMILES string of the molecule is C=CC(=O)[O-].O=C([O-])c1ccccc1.[Mg+2]. The Labute approximate surface area is 103 Å². The van der Waals surface area contributed by atoms with E-state index in [1.54, 1.807) is 18.2 Å². The van der Waals surface area contributed by atoms with E-state index in [1.165, 1.54) is 12.1 Å². The summed E-state index contributed by atoms with van der Waals surface area (Å²) in [5.74, 6) is -2.36. The second-order valence-electron chi connectivity index (χ2n) is 2.18. The molecule has 0 atom stereocenters. The summed E-state index contributed by atoms with van der Waals surface area (Å²) < 4.78 is 0. The van der Waals surface area contributed by atoms with E-state index >= 15 is 0 Å². The van der Waals surface area contributed by atoms with Crippen molar-refractivity contribution in [1.29, 1.82) is 0 Å². The van der Waals surface area contributed by atoms with Crippen molar-refractivity contribution in [1.82, 2.24) is 0 Å².